The highest BCUT2D eigenvalue weighted by Crippen LogP contribution is 2.34. The van der Waals surface area contributed by atoms with Gasteiger partial charge < -0.3 is 15.6 Å². The van der Waals surface area contributed by atoms with Crippen LogP contribution in [0.25, 0.3) is 11.1 Å². The van der Waals surface area contributed by atoms with Crippen LogP contribution >= 0.6 is 0 Å². The van der Waals surface area contributed by atoms with Crippen LogP contribution in [0.2, 0.25) is 0 Å². The Morgan fingerprint density at radius 1 is 1.10 bits per heavy atom. The Hall–Kier alpha value is -3.62. The van der Waals surface area contributed by atoms with Crippen molar-refractivity contribution in [3.63, 3.8) is 0 Å². The Labute approximate surface area is 168 Å². The first-order valence-electron chi connectivity index (χ1n) is 8.73. The lowest BCUT2D eigenvalue weighted by atomic mass is 10.0. The molecule has 9 heteroatoms. The first-order chi connectivity index (χ1) is 14.2. The van der Waals surface area contributed by atoms with Gasteiger partial charge in [0.15, 0.2) is 11.6 Å². The molecule has 0 aliphatic rings. The van der Waals surface area contributed by atoms with Gasteiger partial charge in [-0.1, -0.05) is 24.3 Å². The topological polar surface area (TPSA) is 85.4 Å². The van der Waals surface area contributed by atoms with Crippen LogP contribution in [0.15, 0.2) is 54.7 Å². The van der Waals surface area contributed by atoms with Gasteiger partial charge in [-0.25, -0.2) is 14.2 Å². The summed E-state index contributed by atoms with van der Waals surface area (Å²) in [6, 6.07) is 10.7. The maximum Gasteiger partial charge on any atom is 0.419 e. The molecule has 0 saturated heterocycles. The second kappa shape index (κ2) is 8.40. The highest BCUT2D eigenvalue weighted by molar-refractivity contribution is 5.88. The Morgan fingerprint density at radius 3 is 2.43 bits per heavy atom. The number of alkyl halides is 3. The summed E-state index contributed by atoms with van der Waals surface area (Å²) in [5.74, 6) is -2.21. The Morgan fingerprint density at radius 2 is 1.80 bits per heavy atom. The Balaban J connectivity index is 1.76. The van der Waals surface area contributed by atoms with E-state index in [-0.39, 0.29) is 35.7 Å². The van der Waals surface area contributed by atoms with Crippen molar-refractivity contribution >= 4 is 11.8 Å². The molecule has 0 aliphatic carbocycles. The number of carboxylic acids is 1. The zero-order chi connectivity index (χ0) is 21.9. The molecule has 0 bridgehead atoms. The Bertz CT molecular complexity index is 1070. The van der Waals surface area contributed by atoms with Gasteiger partial charge in [-0.15, -0.1) is 0 Å². The second-order valence-electron chi connectivity index (χ2n) is 6.36. The molecule has 2 aromatic carbocycles. The molecule has 3 aromatic rings. The molecule has 5 nitrogen and oxygen atoms in total. The summed E-state index contributed by atoms with van der Waals surface area (Å²) in [6.45, 7) is -0.181. The number of aromatic nitrogens is 1. The lowest BCUT2D eigenvalue weighted by molar-refractivity contribution is -0.140. The molecule has 0 saturated carbocycles. The van der Waals surface area contributed by atoms with E-state index >= 15 is 0 Å². The molecule has 1 heterocycles. The van der Waals surface area contributed by atoms with E-state index in [0.29, 0.717) is 11.1 Å². The van der Waals surface area contributed by atoms with Crippen molar-refractivity contribution in [3.05, 3.63) is 77.2 Å². The molecule has 0 aliphatic heterocycles. The minimum absolute atomic E-state index is 0.0381. The molecule has 0 radical (unpaired) electrons. The smallest absolute Gasteiger partial charge is 0.419 e. The number of anilines is 1. The molecular formula is C21H16F4N2O3. The SMILES string of the molecule is Nc1ncc(-c2ccc(C(=O)O)cc2)cc1OCCc1cccc(F)c1C(F)(F)F. The molecule has 0 spiro atoms. The summed E-state index contributed by atoms with van der Waals surface area (Å²) in [7, 11) is 0. The third kappa shape index (κ3) is 4.68. The van der Waals surface area contributed by atoms with Crippen molar-refractivity contribution in [1.29, 1.82) is 0 Å². The van der Waals surface area contributed by atoms with Gasteiger partial charge in [-0.2, -0.15) is 13.2 Å². The molecule has 0 fully saturated rings. The molecule has 0 unspecified atom stereocenters. The molecule has 1 aromatic heterocycles. The highest BCUT2D eigenvalue weighted by atomic mass is 19.4. The van der Waals surface area contributed by atoms with Gasteiger partial charge in [0.05, 0.1) is 17.7 Å². The van der Waals surface area contributed by atoms with Crippen LogP contribution in [0.5, 0.6) is 5.75 Å². The van der Waals surface area contributed by atoms with Crippen LogP contribution in [0.1, 0.15) is 21.5 Å². The van der Waals surface area contributed by atoms with E-state index in [1.165, 1.54) is 30.5 Å². The van der Waals surface area contributed by atoms with Gasteiger partial charge in [0, 0.05) is 18.2 Å². The van der Waals surface area contributed by atoms with Gasteiger partial charge in [0.25, 0.3) is 0 Å². The second-order valence-corrected chi connectivity index (χ2v) is 6.36. The largest absolute Gasteiger partial charge is 0.489 e. The fourth-order valence-electron chi connectivity index (χ4n) is 2.90. The predicted molar refractivity (Wildman–Crippen MR) is 102 cm³/mol. The van der Waals surface area contributed by atoms with Crippen molar-refractivity contribution in [2.45, 2.75) is 12.6 Å². The molecule has 3 rings (SSSR count). The standard InChI is InChI=1S/C21H16F4N2O3/c22-16-3-1-2-13(18(16)21(23,24)25)8-9-30-17-10-15(11-27-19(17)26)12-4-6-14(7-5-12)20(28)29/h1-7,10-11H,8-9H2,(H2,26,27)(H,28,29). The van der Waals surface area contributed by atoms with Crippen molar-refractivity contribution < 1.29 is 32.2 Å². The number of carboxylic acid groups (broad SMARTS) is 1. The van der Waals surface area contributed by atoms with Gasteiger partial charge in [-0.05, 0) is 35.4 Å². The molecule has 156 valence electrons. The summed E-state index contributed by atoms with van der Waals surface area (Å²) < 4.78 is 58.4. The highest BCUT2D eigenvalue weighted by Gasteiger charge is 2.36. The summed E-state index contributed by atoms with van der Waals surface area (Å²) >= 11 is 0. The molecule has 0 atom stereocenters. The fraction of sp³-hybridized carbons (Fsp3) is 0.143. The average Bonchev–Trinajstić information content (AvgIpc) is 2.68. The molecule has 30 heavy (non-hydrogen) atoms. The van der Waals surface area contributed by atoms with Gasteiger partial charge in [-0.3, -0.25) is 0 Å². The van der Waals surface area contributed by atoms with Crippen LogP contribution in [-0.4, -0.2) is 22.7 Å². The van der Waals surface area contributed by atoms with E-state index in [4.69, 9.17) is 15.6 Å². The van der Waals surface area contributed by atoms with Crippen molar-refractivity contribution in [1.82, 2.24) is 4.98 Å². The number of carbonyl (C=O) groups is 1. The number of pyridine rings is 1. The average molecular weight is 420 g/mol. The number of ether oxygens (including phenoxy) is 1. The number of hydrogen-bond donors (Lipinski definition) is 2. The zero-order valence-electron chi connectivity index (χ0n) is 15.4. The monoisotopic (exact) mass is 420 g/mol. The lowest BCUT2D eigenvalue weighted by Crippen LogP contribution is -2.14. The van der Waals surface area contributed by atoms with E-state index in [2.05, 4.69) is 4.98 Å². The summed E-state index contributed by atoms with van der Waals surface area (Å²) in [5, 5.41) is 8.96. The van der Waals surface area contributed by atoms with Crippen LogP contribution < -0.4 is 10.5 Å². The van der Waals surface area contributed by atoms with E-state index in [9.17, 15) is 22.4 Å². The Kier molecular flexibility index (Phi) is 5.91. The minimum atomic E-state index is -4.82. The van der Waals surface area contributed by atoms with Crippen molar-refractivity contribution in [3.8, 4) is 16.9 Å². The number of benzene rings is 2. The normalized spacial score (nSPS) is 11.3. The molecular weight excluding hydrogens is 404 g/mol. The third-order valence-corrected chi connectivity index (χ3v) is 4.36. The van der Waals surface area contributed by atoms with E-state index in [0.717, 1.165) is 6.07 Å². The predicted octanol–water partition coefficient (Wildman–Crippen LogP) is 4.81. The first-order valence-corrected chi connectivity index (χ1v) is 8.73. The summed E-state index contributed by atoms with van der Waals surface area (Å²) in [5.41, 5.74) is 5.60. The van der Waals surface area contributed by atoms with Crippen molar-refractivity contribution in [2.75, 3.05) is 12.3 Å². The summed E-state index contributed by atoms with van der Waals surface area (Å²) in [6.07, 6.45) is -3.54. The van der Waals surface area contributed by atoms with Gasteiger partial charge >= 0.3 is 12.1 Å². The molecule has 3 N–H and O–H groups in total. The summed E-state index contributed by atoms with van der Waals surface area (Å²) in [4.78, 5) is 15.0. The number of hydrogen-bond acceptors (Lipinski definition) is 4. The molecule has 0 amide bonds. The van der Waals surface area contributed by atoms with Crippen LogP contribution in [0.3, 0.4) is 0 Å². The number of rotatable bonds is 6. The first kappa shape index (κ1) is 21.1. The quantitative estimate of drug-likeness (QED) is 0.559. The lowest BCUT2D eigenvalue weighted by Gasteiger charge is -2.15. The third-order valence-electron chi connectivity index (χ3n) is 4.36. The minimum Gasteiger partial charge on any atom is -0.489 e. The maximum atomic E-state index is 13.7. The number of aromatic carboxylic acids is 1. The van der Waals surface area contributed by atoms with Crippen LogP contribution in [0, 0.1) is 5.82 Å². The number of nitrogen functional groups attached to an aromatic ring is 1. The number of nitrogens with two attached hydrogens (primary N) is 1. The number of nitrogens with zero attached hydrogens (tertiary/aromatic N) is 1. The fourth-order valence-corrected chi connectivity index (χ4v) is 2.90. The van der Waals surface area contributed by atoms with Gasteiger partial charge in [0.1, 0.15) is 5.82 Å². The van der Waals surface area contributed by atoms with Crippen LogP contribution in [-0.2, 0) is 12.6 Å². The van der Waals surface area contributed by atoms with E-state index in [1.54, 1.807) is 18.2 Å². The maximum absolute atomic E-state index is 13.7. The zero-order valence-corrected chi connectivity index (χ0v) is 15.4. The van der Waals surface area contributed by atoms with Crippen molar-refractivity contribution in [2.24, 2.45) is 0 Å². The van der Waals surface area contributed by atoms with Crippen LogP contribution in [0.4, 0.5) is 23.4 Å². The van der Waals surface area contributed by atoms with Gasteiger partial charge in [0.2, 0.25) is 0 Å². The van der Waals surface area contributed by atoms with E-state index in [1.807, 2.05) is 0 Å². The van der Waals surface area contributed by atoms with E-state index < -0.39 is 23.5 Å². The number of halogens is 4.